The van der Waals surface area contributed by atoms with Gasteiger partial charge in [-0.05, 0) is 19.9 Å². The Morgan fingerprint density at radius 3 is 2.68 bits per heavy atom. The highest BCUT2D eigenvalue weighted by molar-refractivity contribution is 5.44. The summed E-state index contributed by atoms with van der Waals surface area (Å²) in [6, 6.07) is 3.70. The van der Waals surface area contributed by atoms with E-state index in [2.05, 4.69) is 5.10 Å². The van der Waals surface area contributed by atoms with Crippen molar-refractivity contribution in [1.82, 2.24) is 9.78 Å². The van der Waals surface area contributed by atoms with Crippen molar-refractivity contribution in [2.75, 3.05) is 5.73 Å². The fourth-order valence-electron chi connectivity index (χ4n) is 1.80. The molecule has 2 aromatic rings. The van der Waals surface area contributed by atoms with Crippen molar-refractivity contribution in [3.05, 3.63) is 41.2 Å². The maximum absolute atomic E-state index is 13.5. The van der Waals surface area contributed by atoms with E-state index >= 15 is 0 Å². The topological polar surface area (TPSA) is 53.1 Å². The molecule has 0 aliphatic carbocycles. The lowest BCUT2D eigenvalue weighted by molar-refractivity contribution is 0.277. The first-order valence-corrected chi connectivity index (χ1v) is 5.92. The highest BCUT2D eigenvalue weighted by atomic mass is 19.1. The van der Waals surface area contributed by atoms with Crippen LogP contribution in [0.15, 0.2) is 18.2 Å². The molecule has 0 radical (unpaired) electrons. The van der Waals surface area contributed by atoms with E-state index in [-0.39, 0.29) is 18.0 Å². The van der Waals surface area contributed by atoms with E-state index < -0.39 is 11.6 Å². The molecule has 1 heterocycles. The first-order chi connectivity index (χ1) is 9.01. The highest BCUT2D eigenvalue weighted by Gasteiger charge is 2.11. The number of nitrogen functional groups attached to an aromatic ring is 1. The Bertz CT molecular complexity index is 596. The number of hydrogen-bond donors (Lipinski definition) is 1. The van der Waals surface area contributed by atoms with E-state index in [1.165, 1.54) is 0 Å². The number of ether oxygens (including phenoxy) is 1. The number of benzene rings is 1. The number of halogens is 2. The minimum atomic E-state index is -0.698. The summed E-state index contributed by atoms with van der Waals surface area (Å²) in [5, 5.41) is 4.24. The maximum atomic E-state index is 13.5. The van der Waals surface area contributed by atoms with Crippen molar-refractivity contribution in [3.63, 3.8) is 0 Å². The van der Waals surface area contributed by atoms with E-state index in [1.54, 1.807) is 4.68 Å². The molecule has 0 saturated heterocycles. The number of hydrogen-bond acceptors (Lipinski definition) is 3. The lowest BCUT2D eigenvalue weighted by Crippen LogP contribution is -2.07. The Balaban J connectivity index is 2.16. The molecule has 1 aromatic heterocycles. The van der Waals surface area contributed by atoms with Gasteiger partial charge in [0.25, 0.3) is 0 Å². The molecule has 1 aromatic carbocycles. The Labute approximate surface area is 109 Å². The van der Waals surface area contributed by atoms with Crippen molar-refractivity contribution >= 4 is 5.69 Å². The molecule has 6 heteroatoms. The van der Waals surface area contributed by atoms with Gasteiger partial charge in [0, 0.05) is 18.7 Å². The van der Waals surface area contributed by atoms with Crippen LogP contribution >= 0.6 is 0 Å². The molecule has 0 aliphatic heterocycles. The second-order valence-corrected chi connectivity index (χ2v) is 4.19. The molecule has 0 aliphatic rings. The van der Waals surface area contributed by atoms with Crippen LogP contribution in [0.2, 0.25) is 0 Å². The lowest BCUT2D eigenvalue weighted by Gasteiger charge is -2.09. The number of nitrogens with two attached hydrogens (primary N) is 1. The summed E-state index contributed by atoms with van der Waals surface area (Å²) in [5.41, 5.74) is 6.68. The van der Waals surface area contributed by atoms with E-state index in [9.17, 15) is 8.78 Å². The van der Waals surface area contributed by atoms with Gasteiger partial charge in [0.05, 0.1) is 17.1 Å². The number of anilines is 1. The smallest absolute Gasteiger partial charge is 0.167 e. The van der Waals surface area contributed by atoms with Gasteiger partial charge in [0.2, 0.25) is 0 Å². The van der Waals surface area contributed by atoms with Crippen LogP contribution in [0.1, 0.15) is 18.3 Å². The average molecular weight is 267 g/mol. The van der Waals surface area contributed by atoms with Crippen LogP contribution in [-0.2, 0) is 13.2 Å². The molecule has 0 unspecified atom stereocenters. The van der Waals surface area contributed by atoms with Gasteiger partial charge in [-0.2, -0.15) is 5.10 Å². The highest BCUT2D eigenvalue weighted by Crippen LogP contribution is 2.23. The van der Waals surface area contributed by atoms with Crippen molar-refractivity contribution < 1.29 is 13.5 Å². The minimum Gasteiger partial charge on any atom is -0.484 e. The van der Waals surface area contributed by atoms with Gasteiger partial charge in [0.1, 0.15) is 12.4 Å². The average Bonchev–Trinajstić information content (AvgIpc) is 2.72. The third-order valence-corrected chi connectivity index (χ3v) is 2.71. The fourth-order valence-corrected chi connectivity index (χ4v) is 1.80. The molecule has 0 fully saturated rings. The van der Waals surface area contributed by atoms with Crippen LogP contribution < -0.4 is 10.5 Å². The Morgan fingerprint density at radius 2 is 2.00 bits per heavy atom. The number of aromatic nitrogens is 2. The molecule has 0 bridgehead atoms. The van der Waals surface area contributed by atoms with Gasteiger partial charge in [-0.25, -0.2) is 8.78 Å². The molecule has 0 saturated carbocycles. The molecule has 0 spiro atoms. The number of aryl methyl sites for hydroxylation is 2. The van der Waals surface area contributed by atoms with Crippen LogP contribution in [0.3, 0.4) is 0 Å². The van der Waals surface area contributed by atoms with Crippen molar-refractivity contribution in [2.45, 2.75) is 27.0 Å². The minimum absolute atomic E-state index is 0.120. The standard InChI is InChI=1S/C13H15F2N3O/c1-3-18-9(4-8(2)17-18)7-19-13-6-10(14)12(16)5-11(13)15/h4-6H,3,7,16H2,1-2H3. The van der Waals surface area contributed by atoms with E-state index in [4.69, 9.17) is 10.5 Å². The fraction of sp³-hybridized carbons (Fsp3) is 0.308. The molecular formula is C13H15F2N3O. The van der Waals surface area contributed by atoms with Crippen LogP contribution in [-0.4, -0.2) is 9.78 Å². The van der Waals surface area contributed by atoms with Gasteiger partial charge < -0.3 is 10.5 Å². The monoisotopic (exact) mass is 267 g/mol. The summed E-state index contributed by atoms with van der Waals surface area (Å²) >= 11 is 0. The zero-order valence-electron chi connectivity index (χ0n) is 10.8. The maximum Gasteiger partial charge on any atom is 0.167 e. The molecule has 0 atom stereocenters. The lowest BCUT2D eigenvalue weighted by atomic mass is 10.3. The first kappa shape index (κ1) is 13.3. The molecule has 19 heavy (non-hydrogen) atoms. The third-order valence-electron chi connectivity index (χ3n) is 2.71. The predicted octanol–water partition coefficient (Wildman–Crippen LogP) is 2.65. The van der Waals surface area contributed by atoms with E-state index in [1.807, 2.05) is 19.9 Å². The normalized spacial score (nSPS) is 10.7. The summed E-state index contributed by atoms with van der Waals surface area (Å²) in [6.07, 6.45) is 0. The predicted molar refractivity (Wildman–Crippen MR) is 67.7 cm³/mol. The van der Waals surface area contributed by atoms with Crippen LogP contribution in [0.5, 0.6) is 5.75 Å². The second kappa shape index (κ2) is 5.26. The Hall–Kier alpha value is -2.11. The zero-order valence-corrected chi connectivity index (χ0v) is 10.8. The quantitative estimate of drug-likeness (QED) is 0.866. The molecular weight excluding hydrogens is 252 g/mol. The van der Waals surface area contributed by atoms with Crippen molar-refractivity contribution in [2.24, 2.45) is 0 Å². The molecule has 2 N–H and O–H groups in total. The van der Waals surface area contributed by atoms with Gasteiger partial charge in [-0.3, -0.25) is 4.68 Å². The second-order valence-electron chi connectivity index (χ2n) is 4.19. The Kier molecular flexibility index (Phi) is 3.69. The zero-order chi connectivity index (χ0) is 14.0. The SMILES string of the molecule is CCn1nc(C)cc1COc1cc(F)c(N)cc1F. The Morgan fingerprint density at radius 1 is 1.26 bits per heavy atom. The van der Waals surface area contributed by atoms with Crippen LogP contribution in [0.25, 0.3) is 0 Å². The third kappa shape index (κ3) is 2.83. The molecule has 2 rings (SSSR count). The van der Waals surface area contributed by atoms with Gasteiger partial charge in [0.15, 0.2) is 11.6 Å². The van der Waals surface area contributed by atoms with Crippen molar-refractivity contribution in [1.29, 1.82) is 0 Å². The molecule has 102 valence electrons. The summed E-state index contributed by atoms with van der Waals surface area (Å²) in [7, 11) is 0. The van der Waals surface area contributed by atoms with Crippen molar-refractivity contribution in [3.8, 4) is 5.75 Å². The van der Waals surface area contributed by atoms with E-state index in [0.717, 1.165) is 23.5 Å². The number of rotatable bonds is 4. The van der Waals surface area contributed by atoms with Gasteiger partial charge >= 0.3 is 0 Å². The van der Waals surface area contributed by atoms with Crippen LogP contribution in [0, 0.1) is 18.6 Å². The first-order valence-electron chi connectivity index (χ1n) is 5.92. The number of nitrogens with zero attached hydrogens (tertiary/aromatic N) is 2. The summed E-state index contributed by atoms with van der Waals surface area (Å²) in [6.45, 7) is 4.61. The largest absolute Gasteiger partial charge is 0.484 e. The van der Waals surface area contributed by atoms with Gasteiger partial charge in [-0.1, -0.05) is 0 Å². The summed E-state index contributed by atoms with van der Waals surface area (Å²) < 4.78 is 33.8. The van der Waals surface area contributed by atoms with Gasteiger partial charge in [-0.15, -0.1) is 0 Å². The van der Waals surface area contributed by atoms with E-state index in [0.29, 0.717) is 6.54 Å². The molecule has 0 amide bonds. The summed E-state index contributed by atoms with van der Waals surface area (Å²) in [4.78, 5) is 0. The molecule has 4 nitrogen and oxygen atoms in total. The van der Waals surface area contributed by atoms with Crippen LogP contribution in [0.4, 0.5) is 14.5 Å². The summed E-state index contributed by atoms with van der Waals surface area (Å²) in [5.74, 6) is -1.54.